The number of hydrogen-bond acceptors (Lipinski definition) is 4. The summed E-state index contributed by atoms with van der Waals surface area (Å²) in [4.78, 5) is 0.0573. The molecule has 0 aromatic heterocycles. The van der Waals surface area contributed by atoms with E-state index >= 15 is 0 Å². The van der Waals surface area contributed by atoms with Gasteiger partial charge in [-0.15, -0.1) is 0 Å². The van der Waals surface area contributed by atoms with Crippen LogP contribution in [0.1, 0.15) is 37.1 Å². The Hall–Kier alpha value is -3.04. The summed E-state index contributed by atoms with van der Waals surface area (Å²) in [7, 11) is -7.86. The zero-order valence-electron chi connectivity index (χ0n) is 18.8. The third-order valence-corrected chi connectivity index (χ3v) is 8.88. The minimum atomic E-state index is -3.93. The van der Waals surface area contributed by atoms with Crippen molar-refractivity contribution < 1.29 is 16.8 Å². The molecule has 6 nitrogen and oxygen atoms in total. The van der Waals surface area contributed by atoms with Crippen molar-refractivity contribution >= 4 is 30.8 Å². The molecule has 0 aliphatic heterocycles. The molecule has 0 saturated heterocycles. The van der Waals surface area contributed by atoms with Crippen molar-refractivity contribution in [3.05, 3.63) is 108 Å². The van der Waals surface area contributed by atoms with Gasteiger partial charge in [-0.1, -0.05) is 84.9 Å². The molecule has 0 amide bonds. The van der Waals surface area contributed by atoms with E-state index in [1.165, 1.54) is 12.1 Å². The molecule has 34 heavy (non-hydrogen) atoms. The minimum absolute atomic E-state index is 0.0286. The topological polar surface area (TPSA) is 92.3 Å². The lowest BCUT2D eigenvalue weighted by Crippen LogP contribution is -2.28. The van der Waals surface area contributed by atoms with Crippen molar-refractivity contribution in [3.63, 3.8) is 0 Å². The Morgan fingerprint density at radius 2 is 0.853 bits per heavy atom. The maximum Gasteiger partial charge on any atom is 0.241 e. The second-order valence-corrected chi connectivity index (χ2v) is 11.5. The van der Waals surface area contributed by atoms with E-state index in [1.807, 2.05) is 60.7 Å². The van der Waals surface area contributed by atoms with Crippen molar-refractivity contribution in [1.29, 1.82) is 0 Å². The molecule has 4 aromatic rings. The Morgan fingerprint density at radius 3 is 1.21 bits per heavy atom. The predicted octanol–water partition coefficient (Wildman–Crippen LogP) is 4.92. The molecule has 8 heteroatoms. The maximum absolute atomic E-state index is 13.3. The van der Waals surface area contributed by atoms with Crippen LogP contribution in [0.15, 0.2) is 107 Å². The molecule has 4 aromatic carbocycles. The van der Waals surface area contributed by atoms with Gasteiger partial charge in [0.25, 0.3) is 0 Å². The van der Waals surface area contributed by atoms with E-state index in [9.17, 15) is 16.8 Å². The first kappa shape index (κ1) is 24.1. The highest BCUT2D eigenvalue weighted by atomic mass is 32.2. The zero-order chi connectivity index (χ0) is 24.3. The maximum atomic E-state index is 13.3. The van der Waals surface area contributed by atoms with Gasteiger partial charge in [0.1, 0.15) is 0 Å². The van der Waals surface area contributed by atoms with E-state index in [0.717, 1.165) is 11.1 Å². The Kier molecular flexibility index (Phi) is 6.86. The van der Waals surface area contributed by atoms with Gasteiger partial charge >= 0.3 is 0 Å². The Bertz CT molecular complexity index is 1390. The van der Waals surface area contributed by atoms with Crippen LogP contribution in [0.4, 0.5) is 0 Å². The lowest BCUT2D eigenvalue weighted by molar-refractivity contribution is 0.565. The summed E-state index contributed by atoms with van der Waals surface area (Å²) < 4.78 is 58.5. The highest BCUT2D eigenvalue weighted by Gasteiger charge is 2.25. The van der Waals surface area contributed by atoms with Crippen LogP contribution in [0.3, 0.4) is 0 Å². The van der Waals surface area contributed by atoms with Crippen LogP contribution in [0.2, 0.25) is 0 Å². The fourth-order valence-corrected chi connectivity index (χ4v) is 6.84. The summed E-state index contributed by atoms with van der Waals surface area (Å²) in [6.07, 6.45) is 0. The number of hydrogen-bond donors (Lipinski definition) is 2. The van der Waals surface area contributed by atoms with Gasteiger partial charge in [-0.25, -0.2) is 26.3 Å². The Labute approximate surface area is 200 Å². The number of sulfonamides is 2. The normalized spacial score (nSPS) is 14.1. The number of benzene rings is 4. The first-order valence-electron chi connectivity index (χ1n) is 10.9. The molecule has 2 atom stereocenters. The molecule has 0 radical (unpaired) electrons. The molecule has 4 rings (SSSR count). The Morgan fingerprint density at radius 1 is 0.500 bits per heavy atom. The first-order valence-corrected chi connectivity index (χ1v) is 13.8. The summed E-state index contributed by atoms with van der Waals surface area (Å²) in [6.45, 7) is 3.53. The van der Waals surface area contributed by atoms with Crippen LogP contribution in [0.25, 0.3) is 10.8 Å². The lowest BCUT2D eigenvalue weighted by Gasteiger charge is -2.18. The third-order valence-electron chi connectivity index (χ3n) is 5.68. The lowest BCUT2D eigenvalue weighted by atomic mass is 10.1. The van der Waals surface area contributed by atoms with Gasteiger partial charge in [-0.2, -0.15) is 0 Å². The van der Waals surface area contributed by atoms with E-state index in [1.54, 1.807) is 38.1 Å². The van der Waals surface area contributed by atoms with E-state index < -0.39 is 32.1 Å². The average molecular weight is 495 g/mol. The van der Waals surface area contributed by atoms with Crippen molar-refractivity contribution in [2.45, 2.75) is 35.7 Å². The monoisotopic (exact) mass is 494 g/mol. The number of rotatable bonds is 8. The van der Waals surface area contributed by atoms with E-state index in [-0.39, 0.29) is 9.79 Å². The summed E-state index contributed by atoms with van der Waals surface area (Å²) in [6, 6.07) is 26.9. The molecule has 0 aliphatic rings. The van der Waals surface area contributed by atoms with E-state index in [0.29, 0.717) is 10.8 Å². The quantitative estimate of drug-likeness (QED) is 0.364. The molecule has 0 fully saturated rings. The molecule has 0 aliphatic carbocycles. The second kappa shape index (κ2) is 9.68. The first-order chi connectivity index (χ1) is 16.2. The van der Waals surface area contributed by atoms with Gasteiger partial charge in [0.15, 0.2) is 0 Å². The second-order valence-electron chi connectivity index (χ2n) is 8.11. The predicted molar refractivity (Wildman–Crippen MR) is 134 cm³/mol. The van der Waals surface area contributed by atoms with E-state index in [4.69, 9.17) is 0 Å². The number of nitrogens with one attached hydrogen (secondary N) is 2. The van der Waals surface area contributed by atoms with Crippen LogP contribution < -0.4 is 9.44 Å². The molecule has 0 bridgehead atoms. The van der Waals surface area contributed by atoms with Crippen LogP contribution in [-0.2, 0) is 20.0 Å². The molecule has 0 spiro atoms. The molecule has 0 saturated carbocycles. The average Bonchev–Trinajstić information content (AvgIpc) is 2.83. The molecular formula is C26H26N2O4S2. The fraction of sp³-hybridized carbons (Fsp3) is 0.154. The summed E-state index contributed by atoms with van der Waals surface area (Å²) in [5, 5.41) is 0.677. The van der Waals surface area contributed by atoms with Gasteiger partial charge in [0.2, 0.25) is 20.0 Å². The molecule has 0 heterocycles. The van der Waals surface area contributed by atoms with Crippen molar-refractivity contribution in [1.82, 2.24) is 9.44 Å². The zero-order valence-corrected chi connectivity index (χ0v) is 20.5. The largest absolute Gasteiger partial charge is 0.241 e. The summed E-state index contributed by atoms with van der Waals surface area (Å²) in [5.74, 6) is 0. The fourth-order valence-electron chi connectivity index (χ4n) is 3.93. The standard InChI is InChI=1S/C26H26N2O4S2/c1-19(21-11-5-3-6-12-21)27-33(29,30)25-17-9-16-24-23(25)15-10-18-26(24)34(31,32)28-20(2)22-13-7-4-8-14-22/h3-20,27-28H,1-2H3/t19-,20+. The van der Waals surface area contributed by atoms with Crippen LogP contribution >= 0.6 is 0 Å². The SMILES string of the molecule is C[C@H](NS(=O)(=O)c1cccc2c(S(=O)(=O)N[C@H](C)c3ccccc3)cccc12)c1ccccc1. The highest BCUT2D eigenvalue weighted by molar-refractivity contribution is 7.90. The van der Waals surface area contributed by atoms with E-state index in [2.05, 4.69) is 9.44 Å². The minimum Gasteiger partial charge on any atom is -0.207 e. The van der Waals surface area contributed by atoms with Crippen molar-refractivity contribution in [2.75, 3.05) is 0 Å². The number of fused-ring (bicyclic) bond motifs is 1. The summed E-state index contributed by atoms with van der Waals surface area (Å²) >= 11 is 0. The van der Waals surface area contributed by atoms with Crippen molar-refractivity contribution in [2.24, 2.45) is 0 Å². The highest BCUT2D eigenvalue weighted by Crippen LogP contribution is 2.30. The smallest absolute Gasteiger partial charge is 0.207 e. The van der Waals surface area contributed by atoms with Gasteiger partial charge in [-0.05, 0) is 37.1 Å². The van der Waals surface area contributed by atoms with Gasteiger partial charge < -0.3 is 0 Å². The summed E-state index contributed by atoms with van der Waals surface area (Å²) in [5.41, 5.74) is 1.65. The van der Waals surface area contributed by atoms with Gasteiger partial charge in [0, 0.05) is 22.9 Å². The van der Waals surface area contributed by atoms with Crippen LogP contribution in [0, 0.1) is 0 Å². The molecule has 0 unspecified atom stereocenters. The molecule has 2 N–H and O–H groups in total. The van der Waals surface area contributed by atoms with Crippen molar-refractivity contribution in [3.8, 4) is 0 Å². The van der Waals surface area contributed by atoms with Crippen LogP contribution in [-0.4, -0.2) is 16.8 Å². The molecular weight excluding hydrogens is 468 g/mol. The Balaban J connectivity index is 1.71. The third kappa shape index (κ3) is 5.05. The van der Waals surface area contributed by atoms with Gasteiger partial charge in [-0.3, -0.25) is 0 Å². The van der Waals surface area contributed by atoms with Gasteiger partial charge in [0.05, 0.1) is 9.79 Å². The van der Waals surface area contributed by atoms with Crippen LogP contribution in [0.5, 0.6) is 0 Å². The molecule has 176 valence electrons.